The van der Waals surface area contributed by atoms with Crippen molar-refractivity contribution in [3.63, 3.8) is 0 Å². The molecule has 0 aliphatic heterocycles. The van der Waals surface area contributed by atoms with Crippen LogP contribution in [0.3, 0.4) is 0 Å². The molecule has 3 aromatic rings. The highest BCUT2D eigenvalue weighted by Gasteiger charge is 2.21. The Balaban J connectivity index is 2.06. The summed E-state index contributed by atoms with van der Waals surface area (Å²) < 4.78 is 26.9. The Kier molecular flexibility index (Phi) is 5.27. The normalized spacial score (nSPS) is 12.6. The van der Waals surface area contributed by atoms with Crippen LogP contribution in [0.25, 0.3) is 17.1 Å². The van der Waals surface area contributed by atoms with Crippen LogP contribution in [0.5, 0.6) is 0 Å². The Morgan fingerprint density at radius 2 is 1.82 bits per heavy atom. The van der Waals surface area contributed by atoms with E-state index in [4.69, 9.17) is 11.6 Å². The molecule has 0 aliphatic rings. The van der Waals surface area contributed by atoms with Crippen LogP contribution in [0.15, 0.2) is 53.6 Å². The number of amides is 1. The lowest BCUT2D eigenvalue weighted by atomic mass is 10.1. The van der Waals surface area contributed by atoms with Crippen LogP contribution < -0.4 is 5.32 Å². The van der Waals surface area contributed by atoms with E-state index >= 15 is 0 Å². The molecule has 0 unspecified atom stereocenters. The molecular formula is C19H19ClN4O3S. The van der Waals surface area contributed by atoms with Gasteiger partial charge in [0.1, 0.15) is 0 Å². The summed E-state index contributed by atoms with van der Waals surface area (Å²) in [5.74, 6) is -0.301. The van der Waals surface area contributed by atoms with Crippen LogP contribution in [0.4, 0.5) is 0 Å². The molecule has 146 valence electrons. The van der Waals surface area contributed by atoms with Crippen molar-refractivity contribution in [2.24, 2.45) is 0 Å². The number of halogens is 1. The molecule has 0 atom stereocenters. The van der Waals surface area contributed by atoms with Crippen molar-refractivity contribution < 1.29 is 13.2 Å². The number of hydrogen-bond donors (Lipinski definition) is 1. The molecular weight excluding hydrogens is 400 g/mol. The Morgan fingerprint density at radius 1 is 1.14 bits per heavy atom. The molecule has 28 heavy (non-hydrogen) atoms. The fourth-order valence-corrected chi connectivity index (χ4v) is 4.11. The fraction of sp³-hybridized carbons (Fsp3) is 0.211. The maximum Gasteiger partial charge on any atom is 0.269 e. The molecule has 1 amide bonds. The lowest BCUT2D eigenvalue weighted by Crippen LogP contribution is -2.39. The SMILES string of the molecule is CC(C)(C)NC(=O)C=Cc1c(Cl)nnc2c1ccn2S(=O)(=O)c1ccccc1. The number of hydrogen-bond acceptors (Lipinski definition) is 5. The standard InChI is InChI=1S/C19H19ClN4O3S/c1-19(2,3)21-16(25)10-9-14-15-11-12-24(18(15)23-22-17(14)20)28(26,27)13-7-5-4-6-8-13/h4-12H,1-3H3,(H,21,25). The number of aromatic nitrogens is 3. The quantitative estimate of drug-likeness (QED) is 0.656. The van der Waals surface area contributed by atoms with E-state index in [1.807, 2.05) is 20.8 Å². The van der Waals surface area contributed by atoms with Gasteiger partial charge in [0.25, 0.3) is 10.0 Å². The highest BCUT2D eigenvalue weighted by atomic mass is 35.5. The van der Waals surface area contributed by atoms with Gasteiger partial charge in [0, 0.05) is 28.8 Å². The second-order valence-electron chi connectivity index (χ2n) is 7.14. The second-order valence-corrected chi connectivity index (χ2v) is 9.32. The van der Waals surface area contributed by atoms with Crippen LogP contribution >= 0.6 is 11.6 Å². The summed E-state index contributed by atoms with van der Waals surface area (Å²) in [6.45, 7) is 5.60. The van der Waals surface area contributed by atoms with Crippen LogP contribution in [0.2, 0.25) is 5.15 Å². The van der Waals surface area contributed by atoms with E-state index in [0.29, 0.717) is 10.9 Å². The topological polar surface area (TPSA) is 93.9 Å². The molecule has 0 saturated carbocycles. The third kappa shape index (κ3) is 4.07. The molecule has 7 nitrogen and oxygen atoms in total. The largest absolute Gasteiger partial charge is 0.348 e. The molecule has 0 fully saturated rings. The van der Waals surface area contributed by atoms with Crippen molar-refractivity contribution in [3.05, 3.63) is 59.4 Å². The molecule has 2 aromatic heterocycles. The Morgan fingerprint density at radius 3 is 2.46 bits per heavy atom. The molecule has 0 aliphatic carbocycles. The predicted octanol–water partition coefficient (Wildman–Crippen LogP) is 3.25. The first-order valence-electron chi connectivity index (χ1n) is 8.44. The zero-order valence-electron chi connectivity index (χ0n) is 15.5. The lowest BCUT2D eigenvalue weighted by Gasteiger charge is -2.18. The summed E-state index contributed by atoms with van der Waals surface area (Å²) in [7, 11) is -3.84. The van der Waals surface area contributed by atoms with Gasteiger partial charge in [-0.15, -0.1) is 10.2 Å². The van der Waals surface area contributed by atoms with Crippen molar-refractivity contribution >= 4 is 44.6 Å². The summed E-state index contributed by atoms with van der Waals surface area (Å²) >= 11 is 6.15. The van der Waals surface area contributed by atoms with E-state index in [0.717, 1.165) is 3.97 Å². The number of fused-ring (bicyclic) bond motifs is 1. The first-order chi connectivity index (χ1) is 13.1. The number of nitrogens with one attached hydrogen (secondary N) is 1. The van der Waals surface area contributed by atoms with Gasteiger partial charge in [-0.2, -0.15) is 0 Å². The average molecular weight is 419 g/mol. The van der Waals surface area contributed by atoms with E-state index in [1.165, 1.54) is 30.5 Å². The highest BCUT2D eigenvalue weighted by molar-refractivity contribution is 7.90. The van der Waals surface area contributed by atoms with Crippen molar-refractivity contribution in [2.75, 3.05) is 0 Å². The molecule has 1 N–H and O–H groups in total. The maximum atomic E-state index is 12.9. The number of carbonyl (C=O) groups excluding carboxylic acids is 1. The lowest BCUT2D eigenvalue weighted by molar-refractivity contribution is -0.117. The average Bonchev–Trinajstić information content (AvgIpc) is 3.05. The second kappa shape index (κ2) is 7.37. The molecule has 0 radical (unpaired) electrons. The molecule has 0 bridgehead atoms. The fourth-order valence-electron chi connectivity index (χ4n) is 2.60. The third-order valence-electron chi connectivity index (χ3n) is 3.77. The molecule has 9 heteroatoms. The highest BCUT2D eigenvalue weighted by Crippen LogP contribution is 2.27. The van der Waals surface area contributed by atoms with Crippen LogP contribution in [0.1, 0.15) is 26.3 Å². The van der Waals surface area contributed by atoms with Gasteiger partial charge >= 0.3 is 0 Å². The molecule has 0 spiro atoms. The van der Waals surface area contributed by atoms with E-state index < -0.39 is 10.0 Å². The third-order valence-corrected chi connectivity index (χ3v) is 5.73. The summed E-state index contributed by atoms with van der Waals surface area (Å²) in [6.07, 6.45) is 4.22. The maximum absolute atomic E-state index is 12.9. The van der Waals surface area contributed by atoms with E-state index in [2.05, 4.69) is 15.5 Å². The Labute approximate surface area is 168 Å². The van der Waals surface area contributed by atoms with Crippen molar-refractivity contribution in [2.45, 2.75) is 31.2 Å². The Bertz CT molecular complexity index is 1160. The van der Waals surface area contributed by atoms with Crippen molar-refractivity contribution in [1.29, 1.82) is 0 Å². The van der Waals surface area contributed by atoms with Gasteiger partial charge < -0.3 is 5.32 Å². The van der Waals surface area contributed by atoms with Crippen molar-refractivity contribution in [1.82, 2.24) is 19.5 Å². The summed E-state index contributed by atoms with van der Waals surface area (Å²) in [5, 5.41) is 11.1. The van der Waals surface area contributed by atoms with Gasteiger partial charge in [0.05, 0.1) is 4.90 Å². The van der Waals surface area contributed by atoms with Crippen molar-refractivity contribution in [3.8, 4) is 0 Å². The van der Waals surface area contributed by atoms with E-state index in [-0.39, 0.29) is 27.1 Å². The summed E-state index contributed by atoms with van der Waals surface area (Å²) in [4.78, 5) is 12.2. The molecule has 3 rings (SSSR count). The Hall–Kier alpha value is -2.71. The van der Waals surface area contributed by atoms with Crippen LogP contribution in [-0.4, -0.2) is 34.0 Å². The number of nitrogens with zero attached hydrogens (tertiary/aromatic N) is 3. The number of carbonyl (C=O) groups is 1. The van der Waals surface area contributed by atoms with E-state index in [9.17, 15) is 13.2 Å². The monoisotopic (exact) mass is 418 g/mol. The minimum atomic E-state index is -3.84. The van der Waals surface area contributed by atoms with Crippen LogP contribution in [0, 0.1) is 0 Å². The van der Waals surface area contributed by atoms with Gasteiger partial charge in [-0.3, -0.25) is 4.79 Å². The predicted molar refractivity (Wildman–Crippen MR) is 108 cm³/mol. The first kappa shape index (κ1) is 20.0. The number of benzene rings is 1. The van der Waals surface area contributed by atoms with Crippen LogP contribution in [-0.2, 0) is 14.8 Å². The number of rotatable bonds is 4. The zero-order chi connectivity index (χ0) is 20.5. The molecule has 2 heterocycles. The first-order valence-corrected chi connectivity index (χ1v) is 10.3. The summed E-state index contributed by atoms with van der Waals surface area (Å²) in [6, 6.07) is 9.60. The molecule has 1 aromatic carbocycles. The summed E-state index contributed by atoms with van der Waals surface area (Å²) in [5.41, 5.74) is 0.159. The van der Waals surface area contributed by atoms with Gasteiger partial charge in [-0.05, 0) is 45.0 Å². The smallest absolute Gasteiger partial charge is 0.269 e. The zero-order valence-corrected chi connectivity index (χ0v) is 17.1. The van der Waals surface area contributed by atoms with Gasteiger partial charge in [0.15, 0.2) is 10.8 Å². The van der Waals surface area contributed by atoms with Gasteiger partial charge in [-0.1, -0.05) is 29.8 Å². The molecule has 0 saturated heterocycles. The minimum absolute atomic E-state index is 0.0715. The van der Waals surface area contributed by atoms with Gasteiger partial charge in [0.2, 0.25) is 5.91 Å². The van der Waals surface area contributed by atoms with E-state index in [1.54, 1.807) is 24.3 Å². The van der Waals surface area contributed by atoms with Gasteiger partial charge in [-0.25, -0.2) is 12.4 Å². The minimum Gasteiger partial charge on any atom is -0.348 e.